The summed E-state index contributed by atoms with van der Waals surface area (Å²) in [7, 11) is 0. The molecule has 8 heteroatoms. The highest BCUT2D eigenvalue weighted by Crippen LogP contribution is 2.36. The monoisotopic (exact) mass is 354 g/mol. The molecule has 0 amide bonds. The van der Waals surface area contributed by atoms with Gasteiger partial charge in [-0.3, -0.25) is 5.10 Å². The second-order valence-electron chi connectivity index (χ2n) is 4.08. The van der Waals surface area contributed by atoms with Crippen molar-refractivity contribution in [1.29, 1.82) is 0 Å². The molecule has 1 aliphatic rings. The van der Waals surface area contributed by atoms with Crippen molar-refractivity contribution >= 4 is 34.4 Å². The van der Waals surface area contributed by atoms with Crippen LogP contribution in [0, 0.1) is 4.77 Å². The molecular weight excluding hydrogens is 344 g/mol. The number of nitrogens with zero attached hydrogens (tertiary/aromatic N) is 3. The highest BCUT2D eigenvalue weighted by atomic mass is 79.9. The lowest BCUT2D eigenvalue weighted by Gasteiger charge is -2.02. The molecule has 0 radical (unpaired) electrons. The van der Waals surface area contributed by atoms with Crippen molar-refractivity contribution in [2.75, 3.05) is 6.79 Å². The Balaban J connectivity index is 1.97. The number of hydrogen-bond donors (Lipinski definition) is 1. The summed E-state index contributed by atoms with van der Waals surface area (Å²) >= 11 is 8.62. The van der Waals surface area contributed by atoms with Gasteiger partial charge in [-0.25, -0.2) is 0 Å². The highest BCUT2D eigenvalue weighted by Gasteiger charge is 2.15. The van der Waals surface area contributed by atoms with Crippen LogP contribution < -0.4 is 9.47 Å². The van der Waals surface area contributed by atoms with Gasteiger partial charge in [0.2, 0.25) is 11.6 Å². The zero-order valence-electron chi connectivity index (χ0n) is 10.6. The molecule has 3 rings (SSSR count). The van der Waals surface area contributed by atoms with E-state index in [4.69, 9.17) is 21.7 Å². The Morgan fingerprint density at radius 2 is 2.25 bits per heavy atom. The van der Waals surface area contributed by atoms with Gasteiger partial charge >= 0.3 is 0 Å². The van der Waals surface area contributed by atoms with Crippen molar-refractivity contribution in [3.63, 3.8) is 0 Å². The highest BCUT2D eigenvalue weighted by molar-refractivity contribution is 9.10. The summed E-state index contributed by atoms with van der Waals surface area (Å²) in [5.41, 5.74) is 0.874. The van der Waals surface area contributed by atoms with Crippen LogP contribution in [0.5, 0.6) is 11.5 Å². The number of fused-ring (bicyclic) bond motifs is 1. The first kappa shape index (κ1) is 13.3. The number of halogens is 1. The fraction of sp³-hybridized carbons (Fsp3) is 0.250. The normalized spacial score (nSPS) is 13.3. The lowest BCUT2D eigenvalue weighted by atomic mass is 10.2. The summed E-state index contributed by atoms with van der Waals surface area (Å²) in [5.74, 6) is 2.22. The first-order chi connectivity index (χ1) is 9.69. The third-order valence-electron chi connectivity index (χ3n) is 2.84. The first-order valence-electron chi connectivity index (χ1n) is 5.99. The fourth-order valence-electron chi connectivity index (χ4n) is 1.82. The number of nitrogens with one attached hydrogen (secondary N) is 1. The van der Waals surface area contributed by atoms with Crippen LogP contribution in [0.25, 0.3) is 0 Å². The quantitative estimate of drug-likeness (QED) is 0.679. The number of hydrogen-bond acceptors (Lipinski definition) is 5. The molecule has 0 aliphatic carbocycles. The Morgan fingerprint density at radius 3 is 3.00 bits per heavy atom. The third-order valence-corrected chi connectivity index (χ3v) is 3.79. The zero-order chi connectivity index (χ0) is 14.1. The average molecular weight is 355 g/mol. The van der Waals surface area contributed by atoms with E-state index in [1.807, 2.05) is 19.1 Å². The smallest absolute Gasteiger partial charge is 0.231 e. The van der Waals surface area contributed by atoms with Gasteiger partial charge in [-0.1, -0.05) is 6.92 Å². The predicted octanol–water partition coefficient (Wildman–Crippen LogP) is 2.88. The van der Waals surface area contributed by atoms with E-state index in [1.165, 1.54) is 0 Å². The number of rotatable bonds is 3. The van der Waals surface area contributed by atoms with Gasteiger partial charge in [0.15, 0.2) is 17.3 Å². The Labute approximate surface area is 128 Å². The van der Waals surface area contributed by atoms with Gasteiger partial charge in [0.25, 0.3) is 0 Å². The van der Waals surface area contributed by atoms with Crippen LogP contribution in [0.15, 0.2) is 21.7 Å². The molecule has 0 fully saturated rings. The molecule has 1 aromatic carbocycles. The van der Waals surface area contributed by atoms with E-state index in [1.54, 1.807) is 10.9 Å². The van der Waals surface area contributed by atoms with Gasteiger partial charge in [-0.2, -0.15) is 14.9 Å². The summed E-state index contributed by atoms with van der Waals surface area (Å²) < 4.78 is 13.6. The van der Waals surface area contributed by atoms with Crippen LogP contribution in [0.2, 0.25) is 0 Å². The van der Waals surface area contributed by atoms with Crippen LogP contribution in [0.3, 0.4) is 0 Å². The first-order valence-corrected chi connectivity index (χ1v) is 7.19. The summed E-state index contributed by atoms with van der Waals surface area (Å²) in [6.45, 7) is 2.24. The molecule has 2 aromatic rings. The average Bonchev–Trinajstić information content (AvgIpc) is 3.02. The molecule has 1 N–H and O–H groups in total. The minimum absolute atomic E-state index is 0.245. The molecule has 0 unspecified atom stereocenters. The van der Waals surface area contributed by atoms with Gasteiger partial charge in [-0.15, -0.1) is 0 Å². The maximum absolute atomic E-state index is 5.35. The number of aromatic amines is 1. The fourth-order valence-corrected chi connectivity index (χ4v) is 2.45. The molecule has 0 bridgehead atoms. The number of H-pyrrole nitrogens is 1. The van der Waals surface area contributed by atoms with Crippen molar-refractivity contribution in [2.24, 2.45) is 5.10 Å². The lowest BCUT2D eigenvalue weighted by Crippen LogP contribution is -1.97. The van der Waals surface area contributed by atoms with E-state index in [-0.39, 0.29) is 6.79 Å². The van der Waals surface area contributed by atoms with Crippen LogP contribution in [-0.2, 0) is 6.42 Å². The van der Waals surface area contributed by atoms with E-state index >= 15 is 0 Å². The molecule has 0 spiro atoms. The topological polar surface area (TPSA) is 64.4 Å². The van der Waals surface area contributed by atoms with Crippen LogP contribution in [0.1, 0.15) is 18.3 Å². The Hall–Kier alpha value is -1.67. The standard InChI is InChI=1S/C12H11BrN4O2S/c1-2-11-15-16-12(20)17(11)14-5-7-3-9-10(4-8(7)13)19-6-18-9/h3-5H,2,6H2,1H3,(H,16,20)/b14-5+. The molecule has 1 aliphatic heterocycles. The van der Waals surface area contributed by atoms with Gasteiger partial charge in [0.1, 0.15) is 0 Å². The maximum Gasteiger partial charge on any atom is 0.231 e. The molecule has 6 nitrogen and oxygen atoms in total. The molecule has 0 atom stereocenters. The molecule has 0 saturated heterocycles. The molecule has 1 aromatic heterocycles. The van der Waals surface area contributed by atoms with Crippen LogP contribution >= 0.6 is 28.1 Å². The zero-order valence-corrected chi connectivity index (χ0v) is 13.0. The van der Waals surface area contributed by atoms with E-state index in [9.17, 15) is 0 Å². The van der Waals surface area contributed by atoms with Crippen molar-refractivity contribution in [3.05, 3.63) is 32.8 Å². The summed E-state index contributed by atoms with van der Waals surface area (Å²) in [5, 5.41) is 11.2. The minimum Gasteiger partial charge on any atom is -0.454 e. The summed E-state index contributed by atoms with van der Waals surface area (Å²) in [6, 6.07) is 3.73. The number of benzene rings is 1. The van der Waals surface area contributed by atoms with E-state index < -0.39 is 0 Å². The molecule has 20 heavy (non-hydrogen) atoms. The van der Waals surface area contributed by atoms with E-state index in [2.05, 4.69) is 31.2 Å². The Bertz CT molecular complexity index is 738. The summed E-state index contributed by atoms with van der Waals surface area (Å²) in [6.07, 6.45) is 2.45. The van der Waals surface area contributed by atoms with Crippen molar-refractivity contribution in [2.45, 2.75) is 13.3 Å². The molecule has 2 heterocycles. The third kappa shape index (κ3) is 2.36. The SMILES string of the molecule is CCc1n[nH]c(=S)n1/N=C/c1cc2c(cc1Br)OCO2. The van der Waals surface area contributed by atoms with E-state index in [0.717, 1.165) is 28.0 Å². The van der Waals surface area contributed by atoms with Crippen molar-refractivity contribution in [3.8, 4) is 11.5 Å². The van der Waals surface area contributed by atoms with Gasteiger partial charge in [0.05, 0.1) is 6.21 Å². The minimum atomic E-state index is 0.245. The number of aryl methyl sites for hydroxylation is 1. The van der Waals surface area contributed by atoms with Gasteiger partial charge in [-0.05, 0) is 40.3 Å². The van der Waals surface area contributed by atoms with Crippen molar-refractivity contribution < 1.29 is 9.47 Å². The summed E-state index contributed by atoms with van der Waals surface area (Å²) in [4.78, 5) is 0. The van der Waals surface area contributed by atoms with Gasteiger partial charge < -0.3 is 9.47 Å². The van der Waals surface area contributed by atoms with Crippen LogP contribution in [-0.4, -0.2) is 27.9 Å². The van der Waals surface area contributed by atoms with Gasteiger partial charge in [0, 0.05) is 16.5 Å². The second kappa shape index (κ2) is 5.37. The Morgan fingerprint density at radius 1 is 1.50 bits per heavy atom. The van der Waals surface area contributed by atoms with E-state index in [0.29, 0.717) is 10.5 Å². The molecular formula is C12H11BrN4O2S. The predicted molar refractivity (Wildman–Crippen MR) is 80.0 cm³/mol. The maximum atomic E-state index is 5.35. The molecule has 104 valence electrons. The largest absolute Gasteiger partial charge is 0.454 e. The number of aromatic nitrogens is 3. The Kier molecular flexibility index (Phi) is 3.58. The van der Waals surface area contributed by atoms with Crippen LogP contribution in [0.4, 0.5) is 0 Å². The second-order valence-corrected chi connectivity index (χ2v) is 5.32. The number of ether oxygens (including phenoxy) is 2. The lowest BCUT2D eigenvalue weighted by molar-refractivity contribution is 0.174. The van der Waals surface area contributed by atoms with Crippen molar-refractivity contribution in [1.82, 2.24) is 14.9 Å². The molecule has 0 saturated carbocycles.